The van der Waals surface area contributed by atoms with Gasteiger partial charge < -0.3 is 20.4 Å². The Morgan fingerprint density at radius 1 is 1.00 bits per heavy atom. The molecule has 2 atom stereocenters. The van der Waals surface area contributed by atoms with Crippen molar-refractivity contribution in [1.29, 1.82) is 0 Å². The normalized spacial score (nSPS) is 21.6. The molecule has 1 saturated carbocycles. The number of Topliss-reactive ketones (excluding diaryl/α,β-unsaturated/α-hetero) is 1. The molecule has 2 fully saturated rings. The Hall–Kier alpha value is -3.76. The predicted molar refractivity (Wildman–Crippen MR) is 139 cm³/mol. The molecule has 1 aromatic rings. The third-order valence-corrected chi connectivity index (χ3v) is 8.27. The minimum Gasteiger partial charge on any atom is -0.481 e. The molecule has 1 aliphatic carbocycles. The smallest absolute Gasteiger partial charge is 0.323 e. The van der Waals surface area contributed by atoms with E-state index in [9.17, 15) is 39.0 Å². The average Bonchev–Trinajstić information content (AvgIpc) is 3.34. The summed E-state index contributed by atoms with van der Waals surface area (Å²) in [6.45, 7) is 0.00196. The van der Waals surface area contributed by atoms with Crippen LogP contribution in [0.2, 0.25) is 0 Å². The van der Waals surface area contributed by atoms with Crippen LogP contribution in [0.25, 0.3) is 0 Å². The zero-order valence-electron chi connectivity index (χ0n) is 21.9. The average molecular weight is 542 g/mol. The van der Waals surface area contributed by atoms with Crippen molar-refractivity contribution in [3.05, 3.63) is 29.8 Å². The highest BCUT2D eigenvalue weighted by molar-refractivity contribution is 6.03. The summed E-state index contributed by atoms with van der Waals surface area (Å²) in [4.78, 5) is 78.0. The largest absolute Gasteiger partial charge is 0.481 e. The molecule has 2 unspecified atom stereocenters. The number of aryl methyl sites for hydroxylation is 1. The summed E-state index contributed by atoms with van der Waals surface area (Å²) in [5.41, 5.74) is 0.266. The van der Waals surface area contributed by atoms with Gasteiger partial charge in [0.15, 0.2) is 0 Å². The number of amides is 3. The molecule has 0 bridgehead atoms. The van der Waals surface area contributed by atoms with E-state index in [1.165, 1.54) is 9.80 Å². The van der Waals surface area contributed by atoms with Crippen molar-refractivity contribution in [2.24, 2.45) is 11.3 Å². The minimum absolute atomic E-state index is 0.0351. The topological polar surface area (TPSA) is 161 Å². The van der Waals surface area contributed by atoms with E-state index in [4.69, 9.17) is 0 Å². The van der Waals surface area contributed by atoms with Crippen LogP contribution in [-0.4, -0.2) is 76.2 Å². The van der Waals surface area contributed by atoms with Gasteiger partial charge >= 0.3 is 11.9 Å². The first-order valence-electron chi connectivity index (χ1n) is 13.5. The zero-order chi connectivity index (χ0) is 28.2. The second kappa shape index (κ2) is 12.0. The summed E-state index contributed by atoms with van der Waals surface area (Å²) in [7, 11) is 0. The van der Waals surface area contributed by atoms with Gasteiger partial charge in [-0.15, -0.1) is 0 Å². The first-order valence-corrected chi connectivity index (χ1v) is 13.5. The summed E-state index contributed by atoms with van der Waals surface area (Å²) in [5, 5.41) is 22.2. The molecule has 3 amide bonds. The molecule has 11 heteroatoms. The van der Waals surface area contributed by atoms with Crippen molar-refractivity contribution in [3.63, 3.8) is 0 Å². The molecule has 210 valence electrons. The monoisotopic (exact) mass is 541 g/mol. The molecule has 3 aliphatic rings. The van der Waals surface area contributed by atoms with Crippen molar-refractivity contribution in [1.82, 2.24) is 10.2 Å². The van der Waals surface area contributed by atoms with Gasteiger partial charge in [-0.2, -0.15) is 0 Å². The highest BCUT2D eigenvalue weighted by atomic mass is 16.4. The number of aliphatic carboxylic acids is 2. The number of likely N-dealkylation sites (tertiary alicyclic amines) is 1. The number of carbonyl (C=O) groups excluding carboxylic acids is 4. The second-order valence-corrected chi connectivity index (χ2v) is 10.9. The molecule has 2 heterocycles. The maximum Gasteiger partial charge on any atom is 0.323 e. The van der Waals surface area contributed by atoms with Gasteiger partial charge in [-0.05, 0) is 43.7 Å². The van der Waals surface area contributed by atoms with E-state index >= 15 is 0 Å². The summed E-state index contributed by atoms with van der Waals surface area (Å²) >= 11 is 0. The maximum atomic E-state index is 13.8. The van der Waals surface area contributed by atoms with Gasteiger partial charge in [0.25, 0.3) is 0 Å². The lowest BCUT2D eigenvalue weighted by atomic mass is 9.75. The number of ketones is 1. The summed E-state index contributed by atoms with van der Waals surface area (Å²) in [5.74, 6) is -4.64. The van der Waals surface area contributed by atoms with Gasteiger partial charge in [-0.25, -0.2) is 0 Å². The van der Waals surface area contributed by atoms with E-state index < -0.39 is 47.7 Å². The van der Waals surface area contributed by atoms with Gasteiger partial charge in [0.1, 0.15) is 18.4 Å². The fourth-order valence-electron chi connectivity index (χ4n) is 6.10. The number of nitrogens with one attached hydrogen (secondary N) is 1. The lowest BCUT2D eigenvalue weighted by Crippen LogP contribution is -2.53. The molecule has 2 aliphatic heterocycles. The van der Waals surface area contributed by atoms with E-state index in [2.05, 4.69) is 5.32 Å². The van der Waals surface area contributed by atoms with Crippen molar-refractivity contribution < 1.29 is 39.0 Å². The fraction of sp³-hybridized carbons (Fsp3) is 0.571. The zero-order valence-corrected chi connectivity index (χ0v) is 21.9. The number of carboxylic acid groups (broad SMARTS) is 2. The first-order chi connectivity index (χ1) is 18.6. The highest BCUT2D eigenvalue weighted by Gasteiger charge is 2.46. The lowest BCUT2D eigenvalue weighted by molar-refractivity contribution is -0.149. The molecule has 0 radical (unpaired) electrons. The molecule has 1 saturated heterocycles. The number of carboxylic acids is 2. The van der Waals surface area contributed by atoms with E-state index in [1.807, 2.05) is 12.1 Å². The Kier molecular flexibility index (Phi) is 8.66. The minimum atomic E-state index is -1.18. The summed E-state index contributed by atoms with van der Waals surface area (Å²) in [6, 6.07) is 6.09. The number of hydrogen-bond acceptors (Lipinski definition) is 6. The van der Waals surface area contributed by atoms with E-state index in [1.54, 1.807) is 12.1 Å². The number of benzene rings is 1. The third-order valence-electron chi connectivity index (χ3n) is 8.27. The van der Waals surface area contributed by atoms with Crippen molar-refractivity contribution in [2.75, 3.05) is 24.5 Å². The van der Waals surface area contributed by atoms with Gasteiger partial charge in [0.2, 0.25) is 17.7 Å². The molecule has 0 aromatic heterocycles. The van der Waals surface area contributed by atoms with Crippen LogP contribution in [0.1, 0.15) is 63.4 Å². The lowest BCUT2D eigenvalue weighted by Gasteiger charge is -2.33. The Morgan fingerprint density at radius 3 is 2.31 bits per heavy atom. The van der Waals surface area contributed by atoms with Gasteiger partial charge in [-0.3, -0.25) is 33.7 Å². The van der Waals surface area contributed by atoms with Crippen LogP contribution < -0.4 is 10.2 Å². The molecular weight excluding hydrogens is 506 g/mol. The van der Waals surface area contributed by atoms with Crippen LogP contribution in [0.3, 0.4) is 0 Å². The van der Waals surface area contributed by atoms with E-state index in [-0.39, 0.29) is 56.9 Å². The number of nitrogens with zero attached hydrogens (tertiary/aromatic N) is 2. The number of hydrogen-bond donors (Lipinski definition) is 3. The van der Waals surface area contributed by atoms with Crippen LogP contribution in [0.15, 0.2) is 24.3 Å². The molecule has 1 aromatic carbocycles. The highest BCUT2D eigenvalue weighted by Crippen LogP contribution is 2.44. The van der Waals surface area contributed by atoms with Crippen LogP contribution >= 0.6 is 0 Å². The Morgan fingerprint density at radius 2 is 1.67 bits per heavy atom. The fourth-order valence-corrected chi connectivity index (χ4v) is 6.10. The van der Waals surface area contributed by atoms with Crippen molar-refractivity contribution >= 4 is 41.1 Å². The predicted octanol–water partition coefficient (Wildman–Crippen LogP) is 1.77. The van der Waals surface area contributed by atoms with Crippen LogP contribution in [0, 0.1) is 11.3 Å². The maximum absolute atomic E-state index is 13.8. The molecule has 11 nitrogen and oxygen atoms in total. The molecule has 3 N–H and O–H groups in total. The first kappa shape index (κ1) is 28.3. The molecule has 0 spiro atoms. The van der Waals surface area contributed by atoms with Crippen LogP contribution in [-0.2, 0) is 35.2 Å². The number of carbonyl (C=O) groups is 6. The van der Waals surface area contributed by atoms with E-state index in [0.717, 1.165) is 18.4 Å². The molecule has 4 rings (SSSR count). The number of para-hydroxylation sites is 1. The Balaban J connectivity index is 1.49. The third kappa shape index (κ3) is 6.46. The SMILES string of the molecule is O=C(O)CN1C(=O)C(NC(=O)C2(CC(CC(=O)N3CCC(=O)CC3)C(=O)O)CCCC2)CCc2ccccc21. The van der Waals surface area contributed by atoms with Crippen molar-refractivity contribution in [3.8, 4) is 0 Å². The molecular formula is C28H35N3O8. The van der Waals surface area contributed by atoms with Gasteiger partial charge in [0.05, 0.1) is 11.3 Å². The van der Waals surface area contributed by atoms with Crippen LogP contribution in [0.4, 0.5) is 5.69 Å². The van der Waals surface area contributed by atoms with Gasteiger partial charge in [0, 0.05) is 38.0 Å². The number of fused-ring (bicyclic) bond motifs is 1. The van der Waals surface area contributed by atoms with Crippen LogP contribution in [0.5, 0.6) is 0 Å². The van der Waals surface area contributed by atoms with Crippen molar-refractivity contribution in [2.45, 2.75) is 70.3 Å². The number of piperidine rings is 1. The quantitative estimate of drug-likeness (QED) is 0.426. The Labute approximate surface area is 226 Å². The standard InChI is InChI=1S/C28H35N3O8/c32-20-9-13-30(14-10-20)23(33)15-19(26(37)38)16-28(11-3-4-12-28)27(39)29-21-8-7-18-5-1-2-6-22(18)31(25(21)36)17-24(34)35/h1-2,5-6,19,21H,3-4,7-17H2,(H,29,39)(H,34,35)(H,37,38). The Bertz CT molecular complexity index is 1150. The van der Waals surface area contributed by atoms with Gasteiger partial charge in [-0.1, -0.05) is 31.0 Å². The van der Waals surface area contributed by atoms with E-state index in [0.29, 0.717) is 24.9 Å². The number of anilines is 1. The summed E-state index contributed by atoms with van der Waals surface area (Å²) < 4.78 is 0. The number of rotatable bonds is 9. The summed E-state index contributed by atoms with van der Waals surface area (Å²) in [6.07, 6.45) is 3.28. The second-order valence-electron chi connectivity index (χ2n) is 10.9. The molecule has 39 heavy (non-hydrogen) atoms.